The number of rotatable bonds is 3. The monoisotopic (exact) mass is 143 g/mol. The Morgan fingerprint density at radius 1 is 1.80 bits per heavy atom. The summed E-state index contributed by atoms with van der Waals surface area (Å²) in [5, 5.41) is 6.50. The number of nitrogens with zero attached hydrogens (tertiary/aromatic N) is 2. The van der Waals surface area contributed by atoms with Gasteiger partial charge in [0.25, 0.3) is 0 Å². The van der Waals surface area contributed by atoms with Crippen molar-refractivity contribution in [1.29, 1.82) is 0 Å². The van der Waals surface area contributed by atoms with Crippen LogP contribution in [0.15, 0.2) is 12.3 Å². The van der Waals surface area contributed by atoms with Gasteiger partial charge in [0.15, 0.2) is 0 Å². The summed E-state index contributed by atoms with van der Waals surface area (Å²) >= 11 is 0. The number of aromatic nitrogens is 2. The first-order chi connectivity index (χ1) is 4.83. The molecule has 0 aliphatic heterocycles. The summed E-state index contributed by atoms with van der Waals surface area (Å²) < 4.78 is 13.8. The van der Waals surface area contributed by atoms with E-state index >= 15 is 0 Å². The standard InChI is InChI=1S/C6H10FN3/c1-8-3-5-10-4-2-6(7)9-10/h2,4,8H,3,5H2,1H3. The Labute approximate surface area is 58.8 Å². The number of hydrogen-bond donors (Lipinski definition) is 1. The molecular formula is C6H10FN3. The van der Waals surface area contributed by atoms with Gasteiger partial charge in [-0.15, -0.1) is 5.10 Å². The van der Waals surface area contributed by atoms with E-state index < -0.39 is 5.95 Å². The maximum Gasteiger partial charge on any atom is 0.232 e. The molecule has 1 N–H and O–H groups in total. The molecule has 0 saturated carbocycles. The lowest BCUT2D eigenvalue weighted by Gasteiger charge is -1.97. The molecule has 0 amide bonds. The maximum absolute atomic E-state index is 12.2. The van der Waals surface area contributed by atoms with Crippen LogP contribution in [0.1, 0.15) is 0 Å². The minimum absolute atomic E-state index is 0.420. The van der Waals surface area contributed by atoms with E-state index in [9.17, 15) is 4.39 Å². The van der Waals surface area contributed by atoms with Crippen LogP contribution in [-0.4, -0.2) is 23.4 Å². The van der Waals surface area contributed by atoms with Gasteiger partial charge in [0.2, 0.25) is 5.95 Å². The molecule has 1 rings (SSSR count). The molecule has 0 spiro atoms. The Morgan fingerprint density at radius 3 is 3.10 bits per heavy atom. The minimum Gasteiger partial charge on any atom is -0.318 e. The zero-order valence-corrected chi connectivity index (χ0v) is 5.84. The van der Waals surface area contributed by atoms with Gasteiger partial charge in [-0.25, -0.2) is 0 Å². The quantitative estimate of drug-likeness (QED) is 0.657. The molecular weight excluding hydrogens is 133 g/mol. The SMILES string of the molecule is CNCCn1ccc(F)n1. The fraction of sp³-hybridized carbons (Fsp3) is 0.500. The first-order valence-electron chi connectivity index (χ1n) is 3.16. The van der Waals surface area contributed by atoms with E-state index in [1.165, 1.54) is 6.07 Å². The topological polar surface area (TPSA) is 29.9 Å². The zero-order valence-electron chi connectivity index (χ0n) is 5.84. The van der Waals surface area contributed by atoms with E-state index in [0.29, 0.717) is 6.54 Å². The van der Waals surface area contributed by atoms with Crippen LogP contribution in [0, 0.1) is 5.95 Å². The third-order valence-corrected chi connectivity index (χ3v) is 1.20. The van der Waals surface area contributed by atoms with E-state index in [-0.39, 0.29) is 0 Å². The highest BCUT2D eigenvalue weighted by Crippen LogP contribution is 1.90. The van der Waals surface area contributed by atoms with Gasteiger partial charge in [0, 0.05) is 18.8 Å². The Kier molecular flexibility index (Phi) is 2.39. The van der Waals surface area contributed by atoms with Crippen LogP contribution in [0.5, 0.6) is 0 Å². The highest BCUT2D eigenvalue weighted by molar-refractivity contribution is 4.81. The van der Waals surface area contributed by atoms with Crippen molar-refractivity contribution in [2.75, 3.05) is 13.6 Å². The van der Waals surface area contributed by atoms with Crippen LogP contribution in [0.3, 0.4) is 0 Å². The summed E-state index contributed by atoms with van der Waals surface area (Å²) in [6, 6.07) is 1.34. The van der Waals surface area contributed by atoms with Gasteiger partial charge < -0.3 is 5.32 Å². The van der Waals surface area contributed by atoms with E-state index in [2.05, 4.69) is 10.4 Å². The molecule has 0 bridgehead atoms. The van der Waals surface area contributed by atoms with E-state index in [4.69, 9.17) is 0 Å². The molecule has 0 fully saturated rings. The zero-order chi connectivity index (χ0) is 7.40. The average molecular weight is 143 g/mol. The van der Waals surface area contributed by atoms with Gasteiger partial charge >= 0.3 is 0 Å². The van der Waals surface area contributed by atoms with Crippen LogP contribution in [0.4, 0.5) is 4.39 Å². The Balaban J connectivity index is 2.42. The normalized spacial score (nSPS) is 10.2. The van der Waals surface area contributed by atoms with Gasteiger partial charge in [0.05, 0.1) is 6.54 Å². The van der Waals surface area contributed by atoms with E-state index in [1.54, 1.807) is 10.9 Å². The first-order valence-corrected chi connectivity index (χ1v) is 3.16. The van der Waals surface area contributed by atoms with Crippen molar-refractivity contribution in [2.45, 2.75) is 6.54 Å². The van der Waals surface area contributed by atoms with Gasteiger partial charge in [-0.3, -0.25) is 4.68 Å². The molecule has 0 atom stereocenters. The third-order valence-electron chi connectivity index (χ3n) is 1.20. The number of likely N-dealkylation sites (N-methyl/N-ethyl adjacent to an activating group) is 1. The summed E-state index contributed by atoms with van der Waals surface area (Å²) in [5.41, 5.74) is 0. The van der Waals surface area contributed by atoms with Crippen LogP contribution in [-0.2, 0) is 6.54 Å². The summed E-state index contributed by atoms with van der Waals surface area (Å²) in [6.45, 7) is 1.52. The van der Waals surface area contributed by atoms with E-state index in [1.807, 2.05) is 7.05 Å². The summed E-state index contributed by atoms with van der Waals surface area (Å²) in [5.74, 6) is -0.420. The molecule has 1 heterocycles. The van der Waals surface area contributed by atoms with Crippen LogP contribution in [0.2, 0.25) is 0 Å². The maximum atomic E-state index is 12.2. The molecule has 4 heteroatoms. The third kappa shape index (κ3) is 1.80. The van der Waals surface area contributed by atoms with Gasteiger partial charge in [-0.05, 0) is 7.05 Å². The largest absolute Gasteiger partial charge is 0.318 e. The van der Waals surface area contributed by atoms with Crippen molar-refractivity contribution in [3.63, 3.8) is 0 Å². The highest BCUT2D eigenvalue weighted by atomic mass is 19.1. The van der Waals surface area contributed by atoms with Crippen molar-refractivity contribution in [1.82, 2.24) is 15.1 Å². The summed E-state index contributed by atoms with van der Waals surface area (Å²) in [4.78, 5) is 0. The lowest BCUT2D eigenvalue weighted by molar-refractivity contribution is 0.514. The van der Waals surface area contributed by atoms with Crippen molar-refractivity contribution in [3.05, 3.63) is 18.2 Å². The number of halogens is 1. The second-order valence-electron chi connectivity index (χ2n) is 2.01. The van der Waals surface area contributed by atoms with Crippen LogP contribution >= 0.6 is 0 Å². The fourth-order valence-corrected chi connectivity index (χ4v) is 0.688. The molecule has 0 saturated heterocycles. The van der Waals surface area contributed by atoms with Crippen molar-refractivity contribution < 1.29 is 4.39 Å². The lowest BCUT2D eigenvalue weighted by atomic mass is 10.6. The lowest BCUT2D eigenvalue weighted by Crippen LogP contribution is -2.15. The average Bonchev–Trinajstić information content (AvgIpc) is 2.31. The molecule has 1 aromatic heterocycles. The molecule has 0 aliphatic rings. The molecule has 1 aromatic rings. The smallest absolute Gasteiger partial charge is 0.232 e. The second kappa shape index (κ2) is 3.31. The molecule has 0 unspecified atom stereocenters. The van der Waals surface area contributed by atoms with Gasteiger partial charge in [0.1, 0.15) is 0 Å². The Morgan fingerprint density at radius 2 is 2.60 bits per heavy atom. The van der Waals surface area contributed by atoms with Crippen molar-refractivity contribution in [2.24, 2.45) is 0 Å². The molecule has 10 heavy (non-hydrogen) atoms. The second-order valence-corrected chi connectivity index (χ2v) is 2.01. The number of nitrogens with one attached hydrogen (secondary N) is 1. The van der Waals surface area contributed by atoms with Crippen molar-refractivity contribution >= 4 is 0 Å². The predicted molar refractivity (Wildman–Crippen MR) is 36.1 cm³/mol. The summed E-state index contributed by atoms with van der Waals surface area (Å²) in [6.07, 6.45) is 1.62. The van der Waals surface area contributed by atoms with Gasteiger partial charge in [-0.2, -0.15) is 4.39 Å². The van der Waals surface area contributed by atoms with Crippen molar-refractivity contribution in [3.8, 4) is 0 Å². The fourth-order valence-electron chi connectivity index (χ4n) is 0.688. The minimum atomic E-state index is -0.420. The molecule has 3 nitrogen and oxygen atoms in total. The molecule has 0 radical (unpaired) electrons. The van der Waals surface area contributed by atoms with E-state index in [0.717, 1.165) is 6.54 Å². The first kappa shape index (κ1) is 7.21. The molecule has 0 aromatic carbocycles. The Bertz CT molecular complexity index is 197. The van der Waals surface area contributed by atoms with Gasteiger partial charge in [-0.1, -0.05) is 0 Å². The molecule has 0 aliphatic carbocycles. The summed E-state index contributed by atoms with van der Waals surface area (Å²) in [7, 11) is 1.85. The Hall–Kier alpha value is -0.900. The number of hydrogen-bond acceptors (Lipinski definition) is 2. The predicted octanol–water partition coefficient (Wildman–Crippen LogP) is 0.242. The molecule has 56 valence electrons. The van der Waals surface area contributed by atoms with Crippen LogP contribution < -0.4 is 5.32 Å². The highest BCUT2D eigenvalue weighted by Gasteiger charge is 1.93. The van der Waals surface area contributed by atoms with Crippen LogP contribution in [0.25, 0.3) is 0 Å².